The molecule has 0 bridgehead atoms. The summed E-state index contributed by atoms with van der Waals surface area (Å²) in [5.41, 5.74) is 1.19. The Hall–Kier alpha value is -2.87. The predicted octanol–water partition coefficient (Wildman–Crippen LogP) is 2.96. The van der Waals surface area contributed by atoms with Crippen molar-refractivity contribution >= 4 is 38.5 Å². The molecule has 0 spiro atoms. The van der Waals surface area contributed by atoms with Gasteiger partial charge in [0.1, 0.15) is 11.5 Å². The Bertz CT molecular complexity index is 916. The molecule has 130 valence electrons. The number of hydrogen-bond donors (Lipinski definition) is 2. The molecule has 0 radical (unpaired) electrons. The summed E-state index contributed by atoms with van der Waals surface area (Å²) >= 11 is 1.35. The second-order valence-electron chi connectivity index (χ2n) is 5.20. The maximum atomic E-state index is 12.0. The van der Waals surface area contributed by atoms with Crippen molar-refractivity contribution in [3.63, 3.8) is 0 Å². The number of carbonyl (C=O) groups excluding carboxylic acids is 2. The minimum Gasteiger partial charge on any atom is -0.494 e. The second-order valence-corrected chi connectivity index (χ2v) is 6.23. The number of ether oxygens (including phenoxy) is 1. The topological polar surface area (TPSA) is 93.5 Å². The second kappa shape index (κ2) is 7.35. The van der Waals surface area contributed by atoms with Crippen LogP contribution in [0, 0.1) is 6.92 Å². The highest BCUT2D eigenvalue weighted by Gasteiger charge is 2.13. The van der Waals surface area contributed by atoms with Crippen LogP contribution >= 0.6 is 11.3 Å². The van der Waals surface area contributed by atoms with Gasteiger partial charge in [-0.2, -0.15) is 0 Å². The zero-order chi connectivity index (χ0) is 17.8. The predicted molar refractivity (Wildman–Crippen MR) is 95.2 cm³/mol. The smallest absolute Gasteiger partial charge is 0.255 e. The molecule has 0 unspecified atom stereocenters. The number of furan rings is 1. The minimum absolute atomic E-state index is 0.149. The Balaban J connectivity index is 1.60. The lowest BCUT2D eigenvalue weighted by Crippen LogP contribution is -2.32. The molecule has 8 heteroatoms. The number of nitrogens with zero attached hydrogens (tertiary/aromatic N) is 1. The molecule has 0 aliphatic carbocycles. The average molecular weight is 359 g/mol. The number of thiazole rings is 1. The van der Waals surface area contributed by atoms with Crippen molar-refractivity contribution in [2.45, 2.75) is 13.8 Å². The van der Waals surface area contributed by atoms with Crippen LogP contribution < -0.4 is 15.4 Å². The summed E-state index contributed by atoms with van der Waals surface area (Å²) in [4.78, 5) is 28.3. The van der Waals surface area contributed by atoms with E-state index >= 15 is 0 Å². The van der Waals surface area contributed by atoms with Gasteiger partial charge >= 0.3 is 0 Å². The quantitative estimate of drug-likeness (QED) is 0.706. The molecule has 3 rings (SSSR count). The molecule has 0 atom stereocenters. The van der Waals surface area contributed by atoms with Crippen LogP contribution in [0.25, 0.3) is 10.2 Å². The lowest BCUT2D eigenvalue weighted by atomic mass is 10.2. The number of aryl methyl sites for hydroxylation is 1. The highest BCUT2D eigenvalue weighted by atomic mass is 32.1. The van der Waals surface area contributed by atoms with Gasteiger partial charge in [-0.25, -0.2) is 4.98 Å². The van der Waals surface area contributed by atoms with E-state index in [0.717, 1.165) is 16.0 Å². The van der Waals surface area contributed by atoms with Gasteiger partial charge in [0.25, 0.3) is 5.91 Å². The first kappa shape index (κ1) is 17.0. The monoisotopic (exact) mass is 359 g/mol. The summed E-state index contributed by atoms with van der Waals surface area (Å²) in [6.45, 7) is 4.04. The van der Waals surface area contributed by atoms with Crippen molar-refractivity contribution < 1.29 is 18.7 Å². The molecular formula is C17H17N3O4S. The van der Waals surface area contributed by atoms with Crippen LogP contribution in [0.2, 0.25) is 0 Å². The molecule has 2 aromatic heterocycles. The van der Waals surface area contributed by atoms with E-state index in [-0.39, 0.29) is 18.4 Å². The van der Waals surface area contributed by atoms with Crippen LogP contribution in [-0.2, 0) is 4.79 Å². The van der Waals surface area contributed by atoms with Crippen LogP contribution in [0.3, 0.4) is 0 Å². The van der Waals surface area contributed by atoms with E-state index in [4.69, 9.17) is 9.15 Å². The molecule has 2 N–H and O–H groups in total. The van der Waals surface area contributed by atoms with E-state index in [2.05, 4.69) is 15.6 Å². The standard InChI is InChI=1S/C17H17N3O4S/c1-3-23-11-4-5-13-14(8-11)25-17(19-13)20-15(21)9-18-16(22)12-6-7-24-10(12)2/h4-8H,3,9H2,1-2H3,(H,18,22)(H,19,20,21). The van der Waals surface area contributed by atoms with Crippen molar-refractivity contribution in [2.24, 2.45) is 0 Å². The molecule has 2 amide bonds. The molecule has 0 aliphatic heterocycles. The van der Waals surface area contributed by atoms with Gasteiger partial charge in [-0.1, -0.05) is 11.3 Å². The fourth-order valence-electron chi connectivity index (χ4n) is 2.25. The first-order chi connectivity index (χ1) is 12.1. The molecular weight excluding hydrogens is 342 g/mol. The molecule has 0 saturated carbocycles. The Labute approximate surface area is 148 Å². The Morgan fingerprint density at radius 2 is 2.16 bits per heavy atom. The molecule has 0 fully saturated rings. The van der Waals surface area contributed by atoms with Gasteiger partial charge in [-0.15, -0.1) is 0 Å². The number of carbonyl (C=O) groups is 2. The molecule has 0 saturated heterocycles. The number of fused-ring (bicyclic) bond motifs is 1. The summed E-state index contributed by atoms with van der Waals surface area (Å²) in [5, 5.41) is 5.71. The lowest BCUT2D eigenvalue weighted by molar-refractivity contribution is -0.115. The number of anilines is 1. The zero-order valence-electron chi connectivity index (χ0n) is 13.8. The Kier molecular flexibility index (Phi) is 4.99. The number of nitrogens with one attached hydrogen (secondary N) is 2. The molecule has 0 aliphatic rings. The van der Waals surface area contributed by atoms with Gasteiger partial charge < -0.3 is 19.8 Å². The molecule has 1 aromatic carbocycles. The van der Waals surface area contributed by atoms with E-state index in [1.165, 1.54) is 17.6 Å². The number of aromatic nitrogens is 1. The third-order valence-corrected chi connectivity index (χ3v) is 4.36. The fourth-order valence-corrected chi connectivity index (χ4v) is 3.17. The largest absolute Gasteiger partial charge is 0.494 e. The van der Waals surface area contributed by atoms with E-state index in [1.807, 2.05) is 25.1 Å². The van der Waals surface area contributed by atoms with E-state index in [1.54, 1.807) is 13.0 Å². The highest BCUT2D eigenvalue weighted by Crippen LogP contribution is 2.29. The maximum absolute atomic E-state index is 12.0. The zero-order valence-corrected chi connectivity index (χ0v) is 14.6. The van der Waals surface area contributed by atoms with Crippen molar-refractivity contribution in [3.05, 3.63) is 41.9 Å². The van der Waals surface area contributed by atoms with Gasteiger partial charge in [0, 0.05) is 0 Å². The Morgan fingerprint density at radius 1 is 1.32 bits per heavy atom. The number of rotatable bonds is 6. The van der Waals surface area contributed by atoms with Crippen molar-refractivity contribution in [1.82, 2.24) is 10.3 Å². The van der Waals surface area contributed by atoms with Crippen molar-refractivity contribution in [2.75, 3.05) is 18.5 Å². The first-order valence-electron chi connectivity index (χ1n) is 7.72. The summed E-state index contributed by atoms with van der Waals surface area (Å²) in [6.07, 6.45) is 1.43. The minimum atomic E-state index is -0.355. The molecule has 2 heterocycles. The maximum Gasteiger partial charge on any atom is 0.255 e. The SMILES string of the molecule is CCOc1ccc2nc(NC(=O)CNC(=O)c3ccoc3C)sc2c1. The third kappa shape index (κ3) is 3.97. The molecule has 3 aromatic rings. The van der Waals surface area contributed by atoms with Gasteiger partial charge in [-0.05, 0) is 38.1 Å². The van der Waals surface area contributed by atoms with Gasteiger partial charge in [0.05, 0.1) is 35.2 Å². The van der Waals surface area contributed by atoms with Crippen LogP contribution in [0.5, 0.6) is 5.75 Å². The van der Waals surface area contributed by atoms with Crippen LogP contribution in [-0.4, -0.2) is 29.9 Å². The number of amides is 2. The molecule has 7 nitrogen and oxygen atoms in total. The van der Waals surface area contributed by atoms with E-state index in [0.29, 0.717) is 23.1 Å². The van der Waals surface area contributed by atoms with Crippen molar-refractivity contribution in [1.29, 1.82) is 0 Å². The van der Waals surface area contributed by atoms with Gasteiger partial charge in [0.2, 0.25) is 5.91 Å². The van der Waals surface area contributed by atoms with Gasteiger partial charge in [-0.3, -0.25) is 9.59 Å². The number of hydrogen-bond acceptors (Lipinski definition) is 6. The van der Waals surface area contributed by atoms with Crippen LogP contribution in [0.15, 0.2) is 34.9 Å². The van der Waals surface area contributed by atoms with Crippen LogP contribution in [0.1, 0.15) is 23.0 Å². The van der Waals surface area contributed by atoms with Crippen molar-refractivity contribution in [3.8, 4) is 5.75 Å². The summed E-state index contributed by atoms with van der Waals surface area (Å²) in [5.74, 6) is 0.569. The van der Waals surface area contributed by atoms with E-state index < -0.39 is 0 Å². The summed E-state index contributed by atoms with van der Waals surface area (Å²) < 4.78 is 11.4. The Morgan fingerprint density at radius 3 is 2.88 bits per heavy atom. The van der Waals surface area contributed by atoms with E-state index in [9.17, 15) is 9.59 Å². The highest BCUT2D eigenvalue weighted by molar-refractivity contribution is 7.22. The summed E-state index contributed by atoms with van der Waals surface area (Å²) in [6, 6.07) is 7.13. The normalized spacial score (nSPS) is 10.6. The fraction of sp³-hybridized carbons (Fsp3) is 0.235. The number of benzene rings is 1. The average Bonchev–Trinajstić information content (AvgIpc) is 3.18. The van der Waals surface area contributed by atoms with Gasteiger partial charge in [0.15, 0.2) is 5.13 Å². The van der Waals surface area contributed by atoms with Crippen LogP contribution in [0.4, 0.5) is 5.13 Å². The molecule has 25 heavy (non-hydrogen) atoms. The lowest BCUT2D eigenvalue weighted by Gasteiger charge is -2.04. The summed E-state index contributed by atoms with van der Waals surface area (Å²) in [7, 11) is 0. The third-order valence-electron chi connectivity index (χ3n) is 3.43. The first-order valence-corrected chi connectivity index (χ1v) is 8.54.